The average molecular weight is 367 g/mol. The van der Waals surface area contributed by atoms with Crippen LogP contribution in [-0.4, -0.2) is 11.1 Å². The number of nitrogens with zero attached hydrogens (tertiary/aromatic N) is 1. The van der Waals surface area contributed by atoms with E-state index in [0.29, 0.717) is 11.3 Å². The van der Waals surface area contributed by atoms with Gasteiger partial charge in [-0.1, -0.05) is 72.8 Å². The predicted octanol–water partition coefficient (Wildman–Crippen LogP) is 4.19. The van der Waals surface area contributed by atoms with E-state index < -0.39 is 6.04 Å². The molecule has 2 amide bonds. The summed E-state index contributed by atoms with van der Waals surface area (Å²) in [7, 11) is 0. The van der Waals surface area contributed by atoms with Crippen LogP contribution in [0.4, 0.5) is 4.79 Å². The molecule has 3 N–H and O–H groups in total. The van der Waals surface area contributed by atoms with E-state index in [1.807, 2.05) is 66.7 Å². The van der Waals surface area contributed by atoms with Crippen molar-refractivity contribution in [1.82, 2.24) is 10.6 Å². The van der Waals surface area contributed by atoms with Gasteiger partial charge in [0, 0.05) is 11.1 Å². The number of amides is 2. The Kier molecular flexibility index (Phi) is 4.53. The van der Waals surface area contributed by atoms with Crippen LogP contribution in [0.25, 0.3) is 11.3 Å². The lowest BCUT2D eigenvalue weighted by molar-refractivity contribution is 0.242. The van der Waals surface area contributed by atoms with Gasteiger partial charge >= 0.3 is 6.03 Å². The predicted molar refractivity (Wildman–Crippen MR) is 107 cm³/mol. The summed E-state index contributed by atoms with van der Waals surface area (Å²) in [5.74, 6) is -0.127. The number of urea groups is 1. The van der Waals surface area contributed by atoms with Crippen LogP contribution in [0.2, 0.25) is 0 Å². The molecule has 0 fully saturated rings. The van der Waals surface area contributed by atoms with Crippen molar-refractivity contribution in [2.24, 2.45) is 0 Å². The molecule has 3 aromatic rings. The first kappa shape index (κ1) is 17.4. The number of phenolic OH excluding ortho intramolecular Hbond substituents is 1. The SMILES string of the molecule is N#Cc1cccc(C2NC(=O)NC(c3ccccc3)=C2c2ccccc2)c1O. The highest BCUT2D eigenvalue weighted by Gasteiger charge is 2.32. The van der Waals surface area contributed by atoms with E-state index in [4.69, 9.17) is 0 Å². The standard InChI is InChI=1S/C23H17N3O2/c24-14-17-12-7-13-18(22(17)27)21-19(15-8-3-1-4-9-15)20(25-23(28)26-21)16-10-5-2-6-11-16/h1-13,21,27H,(H2,25,26,28). The minimum Gasteiger partial charge on any atom is -0.506 e. The highest BCUT2D eigenvalue weighted by Crippen LogP contribution is 2.41. The van der Waals surface area contributed by atoms with E-state index in [0.717, 1.165) is 16.7 Å². The van der Waals surface area contributed by atoms with Crippen LogP contribution in [-0.2, 0) is 0 Å². The number of nitriles is 1. The van der Waals surface area contributed by atoms with Gasteiger partial charge in [0.15, 0.2) is 0 Å². The fourth-order valence-electron chi connectivity index (χ4n) is 3.44. The molecule has 0 spiro atoms. The largest absolute Gasteiger partial charge is 0.506 e. The molecule has 1 aliphatic heterocycles. The summed E-state index contributed by atoms with van der Waals surface area (Å²) < 4.78 is 0. The van der Waals surface area contributed by atoms with Crippen LogP contribution in [0.5, 0.6) is 5.75 Å². The second kappa shape index (κ2) is 7.29. The zero-order valence-corrected chi connectivity index (χ0v) is 14.9. The van der Waals surface area contributed by atoms with Gasteiger partial charge in [0.05, 0.1) is 17.3 Å². The Hall–Kier alpha value is -4.04. The number of aromatic hydroxyl groups is 1. The summed E-state index contributed by atoms with van der Waals surface area (Å²) in [6, 6.07) is 25.2. The van der Waals surface area contributed by atoms with Crippen LogP contribution < -0.4 is 10.6 Å². The van der Waals surface area contributed by atoms with Crippen molar-refractivity contribution in [3.8, 4) is 11.8 Å². The Labute approximate surface area is 162 Å². The lowest BCUT2D eigenvalue weighted by Gasteiger charge is -2.31. The maximum atomic E-state index is 12.5. The summed E-state index contributed by atoms with van der Waals surface area (Å²) >= 11 is 0. The molecule has 28 heavy (non-hydrogen) atoms. The van der Waals surface area contributed by atoms with Crippen molar-refractivity contribution in [1.29, 1.82) is 5.26 Å². The Morgan fingerprint density at radius 2 is 1.50 bits per heavy atom. The van der Waals surface area contributed by atoms with Gasteiger partial charge in [0.25, 0.3) is 0 Å². The van der Waals surface area contributed by atoms with Gasteiger partial charge in [-0.25, -0.2) is 4.79 Å². The minimum absolute atomic E-state index is 0.127. The van der Waals surface area contributed by atoms with Gasteiger partial charge in [-0.15, -0.1) is 0 Å². The summed E-state index contributed by atoms with van der Waals surface area (Å²) in [5.41, 5.74) is 3.89. The Balaban J connectivity index is 2.00. The lowest BCUT2D eigenvalue weighted by atomic mass is 9.87. The maximum Gasteiger partial charge on any atom is 0.320 e. The summed E-state index contributed by atoms with van der Waals surface area (Å²) in [6.45, 7) is 0. The first-order valence-corrected chi connectivity index (χ1v) is 8.83. The van der Waals surface area contributed by atoms with Gasteiger partial charge in [-0.2, -0.15) is 5.26 Å². The number of nitrogens with one attached hydrogen (secondary N) is 2. The van der Waals surface area contributed by atoms with Crippen molar-refractivity contribution in [2.45, 2.75) is 6.04 Å². The normalized spacial score (nSPS) is 16.1. The molecule has 1 heterocycles. The molecular weight excluding hydrogens is 350 g/mol. The van der Waals surface area contributed by atoms with E-state index in [1.165, 1.54) is 0 Å². The van der Waals surface area contributed by atoms with Gasteiger partial charge in [0.1, 0.15) is 11.8 Å². The Bertz CT molecular complexity index is 1100. The number of hydrogen-bond acceptors (Lipinski definition) is 3. The fourth-order valence-corrected chi connectivity index (χ4v) is 3.44. The number of carbonyl (C=O) groups is 1. The van der Waals surface area contributed by atoms with Crippen LogP contribution >= 0.6 is 0 Å². The van der Waals surface area contributed by atoms with Gasteiger partial charge < -0.3 is 15.7 Å². The molecule has 0 aliphatic carbocycles. The molecule has 1 unspecified atom stereocenters. The van der Waals surface area contributed by atoms with Crippen molar-refractivity contribution in [3.05, 3.63) is 101 Å². The molecule has 3 aromatic carbocycles. The quantitative estimate of drug-likeness (QED) is 0.649. The van der Waals surface area contributed by atoms with E-state index in [9.17, 15) is 15.2 Å². The Morgan fingerprint density at radius 1 is 0.857 bits per heavy atom. The second-order valence-corrected chi connectivity index (χ2v) is 6.41. The monoisotopic (exact) mass is 367 g/mol. The third kappa shape index (κ3) is 3.08. The average Bonchev–Trinajstić information content (AvgIpc) is 2.74. The highest BCUT2D eigenvalue weighted by atomic mass is 16.3. The number of rotatable bonds is 3. The van der Waals surface area contributed by atoms with E-state index >= 15 is 0 Å². The van der Waals surface area contributed by atoms with Gasteiger partial charge in [0.2, 0.25) is 0 Å². The molecule has 1 atom stereocenters. The van der Waals surface area contributed by atoms with Gasteiger partial charge in [-0.05, 0) is 17.2 Å². The summed E-state index contributed by atoms with van der Waals surface area (Å²) in [5, 5.41) is 25.7. The molecule has 0 saturated carbocycles. The van der Waals surface area contributed by atoms with Crippen LogP contribution in [0.15, 0.2) is 78.9 Å². The fraction of sp³-hybridized carbons (Fsp3) is 0.0435. The molecule has 136 valence electrons. The summed E-state index contributed by atoms with van der Waals surface area (Å²) in [6.07, 6.45) is 0. The highest BCUT2D eigenvalue weighted by molar-refractivity contribution is 6.03. The lowest BCUT2D eigenvalue weighted by Crippen LogP contribution is -2.43. The molecule has 0 radical (unpaired) electrons. The summed E-state index contributed by atoms with van der Waals surface area (Å²) in [4.78, 5) is 12.5. The number of benzene rings is 3. The molecule has 5 nitrogen and oxygen atoms in total. The molecule has 1 aliphatic rings. The number of carbonyl (C=O) groups excluding carboxylic acids is 1. The van der Waals surface area contributed by atoms with Crippen molar-refractivity contribution in [2.75, 3.05) is 0 Å². The molecule has 5 heteroatoms. The molecule has 0 saturated heterocycles. The van der Waals surface area contributed by atoms with Gasteiger partial charge in [-0.3, -0.25) is 0 Å². The molecular formula is C23H17N3O2. The number of phenols is 1. The van der Waals surface area contributed by atoms with Crippen molar-refractivity contribution >= 4 is 17.3 Å². The third-order valence-electron chi connectivity index (χ3n) is 4.72. The maximum absolute atomic E-state index is 12.5. The topological polar surface area (TPSA) is 85.2 Å². The van der Waals surface area contributed by atoms with E-state index in [2.05, 4.69) is 10.6 Å². The van der Waals surface area contributed by atoms with E-state index in [1.54, 1.807) is 18.2 Å². The minimum atomic E-state index is -0.611. The number of hydrogen-bond donors (Lipinski definition) is 3. The smallest absolute Gasteiger partial charge is 0.320 e. The third-order valence-corrected chi connectivity index (χ3v) is 4.72. The molecule has 0 bridgehead atoms. The first-order valence-electron chi connectivity index (χ1n) is 8.83. The van der Waals surface area contributed by atoms with Crippen molar-refractivity contribution in [3.63, 3.8) is 0 Å². The van der Waals surface area contributed by atoms with Crippen LogP contribution in [0.3, 0.4) is 0 Å². The van der Waals surface area contributed by atoms with Crippen LogP contribution in [0.1, 0.15) is 28.3 Å². The van der Waals surface area contributed by atoms with Crippen molar-refractivity contribution < 1.29 is 9.90 Å². The van der Waals surface area contributed by atoms with E-state index in [-0.39, 0.29) is 17.3 Å². The Morgan fingerprint density at radius 3 is 2.14 bits per heavy atom. The number of para-hydroxylation sites is 1. The first-order chi connectivity index (χ1) is 13.7. The zero-order valence-electron chi connectivity index (χ0n) is 14.9. The zero-order chi connectivity index (χ0) is 19.5. The molecule has 4 rings (SSSR count). The van der Waals surface area contributed by atoms with Crippen LogP contribution in [0, 0.1) is 11.3 Å². The molecule has 0 aromatic heterocycles. The second-order valence-electron chi connectivity index (χ2n) is 6.41.